The Hall–Kier alpha value is -2.18. The minimum absolute atomic E-state index is 0.509. The van der Waals surface area contributed by atoms with Crippen LogP contribution in [0.4, 0.5) is 5.82 Å². The maximum Gasteiger partial charge on any atom is 0.329 e. The van der Waals surface area contributed by atoms with Crippen molar-refractivity contribution < 1.29 is 9.90 Å². The third-order valence-electron chi connectivity index (χ3n) is 4.53. The van der Waals surface area contributed by atoms with Gasteiger partial charge >= 0.3 is 5.97 Å². The topological polar surface area (TPSA) is 104 Å². The van der Waals surface area contributed by atoms with Crippen LogP contribution in [0, 0.1) is 5.92 Å². The van der Waals surface area contributed by atoms with Crippen molar-refractivity contribution in [1.82, 2.24) is 19.9 Å². The summed E-state index contributed by atoms with van der Waals surface area (Å²) in [5, 5.41) is 12.8. The molecule has 21 heavy (non-hydrogen) atoms. The number of nitrogens with zero attached hydrogens (tertiary/aromatic N) is 3. The minimum Gasteiger partial charge on any atom is -0.480 e. The maximum atomic E-state index is 11.8. The van der Waals surface area contributed by atoms with Gasteiger partial charge in [-0.1, -0.05) is 13.3 Å². The van der Waals surface area contributed by atoms with Gasteiger partial charge in [-0.2, -0.15) is 0 Å². The smallest absolute Gasteiger partial charge is 0.329 e. The lowest BCUT2D eigenvalue weighted by Gasteiger charge is -2.37. The Morgan fingerprint density at radius 1 is 1.43 bits per heavy atom. The van der Waals surface area contributed by atoms with Gasteiger partial charge in [0.15, 0.2) is 11.5 Å². The van der Waals surface area contributed by atoms with E-state index in [0.29, 0.717) is 35.7 Å². The molecule has 0 amide bonds. The molecule has 1 aliphatic rings. The number of aromatic nitrogens is 4. The number of hydrogen-bond acceptors (Lipinski definition) is 5. The molecule has 7 heteroatoms. The van der Waals surface area contributed by atoms with E-state index in [-0.39, 0.29) is 0 Å². The summed E-state index contributed by atoms with van der Waals surface area (Å²) in [6.45, 7) is 2.16. The summed E-state index contributed by atoms with van der Waals surface area (Å²) in [5.41, 5.74) is 0.240. The van der Waals surface area contributed by atoms with Crippen molar-refractivity contribution in [2.45, 2.75) is 44.6 Å². The Morgan fingerprint density at radius 3 is 2.86 bits per heavy atom. The van der Waals surface area contributed by atoms with E-state index in [9.17, 15) is 9.90 Å². The Bertz CT molecular complexity index is 646. The van der Waals surface area contributed by atoms with Gasteiger partial charge in [-0.25, -0.2) is 19.7 Å². The van der Waals surface area contributed by atoms with Crippen molar-refractivity contribution in [1.29, 1.82) is 0 Å². The number of aliphatic carboxylic acids is 1. The number of fused-ring (bicyclic) bond motifs is 1. The second kappa shape index (κ2) is 5.31. The van der Waals surface area contributed by atoms with Crippen LogP contribution in [0.1, 0.15) is 39.0 Å². The Balaban J connectivity index is 1.89. The molecule has 2 aromatic heterocycles. The second-order valence-corrected chi connectivity index (χ2v) is 5.69. The fraction of sp³-hybridized carbons (Fsp3) is 0.571. The van der Waals surface area contributed by atoms with E-state index in [1.807, 2.05) is 0 Å². The summed E-state index contributed by atoms with van der Waals surface area (Å²) in [6.07, 6.45) is 7.11. The van der Waals surface area contributed by atoms with Gasteiger partial charge in [0, 0.05) is 0 Å². The molecular weight excluding hydrogens is 270 g/mol. The fourth-order valence-corrected chi connectivity index (χ4v) is 3.06. The summed E-state index contributed by atoms with van der Waals surface area (Å²) in [6, 6.07) is 0. The minimum atomic E-state index is -0.946. The zero-order valence-corrected chi connectivity index (χ0v) is 12.0. The fourth-order valence-electron chi connectivity index (χ4n) is 3.06. The Labute approximate surface area is 122 Å². The molecule has 3 rings (SSSR count). The largest absolute Gasteiger partial charge is 0.480 e. The van der Waals surface area contributed by atoms with Crippen LogP contribution in [0.5, 0.6) is 0 Å². The highest BCUT2D eigenvalue weighted by atomic mass is 16.4. The molecular formula is C14H19N5O2. The van der Waals surface area contributed by atoms with E-state index in [4.69, 9.17) is 0 Å². The molecule has 0 saturated heterocycles. The number of carboxylic acid groups (broad SMARTS) is 1. The normalized spacial score (nSPS) is 25.9. The molecule has 1 saturated carbocycles. The van der Waals surface area contributed by atoms with Crippen LogP contribution in [-0.4, -0.2) is 36.6 Å². The highest BCUT2D eigenvalue weighted by Crippen LogP contribution is 2.36. The number of rotatable bonds is 4. The zero-order chi connectivity index (χ0) is 14.9. The summed E-state index contributed by atoms with van der Waals surface area (Å²) in [4.78, 5) is 27.1. The number of nitrogens with one attached hydrogen (secondary N) is 2. The molecule has 0 aromatic carbocycles. The van der Waals surface area contributed by atoms with E-state index in [0.717, 1.165) is 19.3 Å². The highest BCUT2D eigenvalue weighted by molar-refractivity contribution is 5.88. The maximum absolute atomic E-state index is 11.8. The average molecular weight is 289 g/mol. The van der Waals surface area contributed by atoms with Crippen molar-refractivity contribution in [2.75, 3.05) is 5.32 Å². The molecule has 2 aromatic rings. The molecule has 3 N–H and O–H groups in total. The van der Waals surface area contributed by atoms with E-state index < -0.39 is 11.5 Å². The number of anilines is 1. The van der Waals surface area contributed by atoms with Crippen LogP contribution in [0.25, 0.3) is 11.2 Å². The van der Waals surface area contributed by atoms with E-state index in [2.05, 4.69) is 32.2 Å². The summed E-state index contributed by atoms with van der Waals surface area (Å²) in [7, 11) is 0. The second-order valence-electron chi connectivity index (χ2n) is 5.69. The average Bonchev–Trinajstić information content (AvgIpc) is 2.97. The molecule has 2 heterocycles. The first-order valence-corrected chi connectivity index (χ1v) is 7.30. The zero-order valence-electron chi connectivity index (χ0n) is 12.0. The van der Waals surface area contributed by atoms with Crippen molar-refractivity contribution in [2.24, 2.45) is 5.92 Å². The first-order chi connectivity index (χ1) is 10.1. The molecule has 0 unspecified atom stereocenters. The van der Waals surface area contributed by atoms with Crippen LogP contribution >= 0.6 is 0 Å². The van der Waals surface area contributed by atoms with E-state index in [1.165, 1.54) is 12.7 Å². The van der Waals surface area contributed by atoms with Crippen molar-refractivity contribution >= 4 is 23.0 Å². The van der Waals surface area contributed by atoms with Crippen molar-refractivity contribution in [3.05, 3.63) is 12.7 Å². The van der Waals surface area contributed by atoms with Gasteiger partial charge in [0.05, 0.1) is 6.33 Å². The predicted molar refractivity (Wildman–Crippen MR) is 77.9 cm³/mol. The number of carbonyl (C=O) groups is 1. The molecule has 0 bridgehead atoms. The van der Waals surface area contributed by atoms with Crippen LogP contribution in [0.15, 0.2) is 12.7 Å². The Kier molecular flexibility index (Phi) is 3.48. The van der Waals surface area contributed by atoms with Crippen molar-refractivity contribution in [3.8, 4) is 0 Å². The highest BCUT2D eigenvalue weighted by Gasteiger charge is 2.42. The summed E-state index contributed by atoms with van der Waals surface area (Å²) in [5.74, 6) is 0.315. The molecule has 1 aliphatic carbocycles. The molecule has 0 spiro atoms. The number of aromatic amines is 1. The predicted octanol–water partition coefficient (Wildman–Crippen LogP) is 2.19. The van der Waals surface area contributed by atoms with Gasteiger partial charge in [-0.05, 0) is 31.6 Å². The van der Waals surface area contributed by atoms with Crippen LogP contribution < -0.4 is 5.32 Å². The molecule has 1 fully saturated rings. The van der Waals surface area contributed by atoms with Gasteiger partial charge in [0.2, 0.25) is 0 Å². The third kappa shape index (κ3) is 2.43. The number of H-pyrrole nitrogens is 1. The van der Waals surface area contributed by atoms with Crippen LogP contribution in [0.3, 0.4) is 0 Å². The molecule has 112 valence electrons. The molecule has 0 aliphatic heterocycles. The first-order valence-electron chi connectivity index (χ1n) is 7.30. The van der Waals surface area contributed by atoms with Gasteiger partial charge < -0.3 is 15.4 Å². The molecule has 7 nitrogen and oxygen atoms in total. The van der Waals surface area contributed by atoms with Crippen molar-refractivity contribution in [3.63, 3.8) is 0 Å². The van der Waals surface area contributed by atoms with Crippen LogP contribution in [-0.2, 0) is 4.79 Å². The lowest BCUT2D eigenvalue weighted by molar-refractivity contribution is -0.143. The lowest BCUT2D eigenvalue weighted by atomic mass is 9.75. The molecule has 0 radical (unpaired) electrons. The number of hydrogen-bond donors (Lipinski definition) is 3. The van der Waals surface area contributed by atoms with E-state index >= 15 is 0 Å². The first kappa shape index (κ1) is 13.8. The molecule has 0 atom stereocenters. The lowest BCUT2D eigenvalue weighted by Crippen LogP contribution is -2.49. The summed E-state index contributed by atoms with van der Waals surface area (Å²) >= 11 is 0. The van der Waals surface area contributed by atoms with Gasteiger partial charge in [0.1, 0.15) is 17.4 Å². The Morgan fingerprint density at radius 2 is 2.19 bits per heavy atom. The monoisotopic (exact) mass is 289 g/mol. The number of imidazole rings is 1. The SMILES string of the molecule is CCC1CCC(Nc2ncnc3nc[nH]c23)(C(=O)O)CC1. The van der Waals surface area contributed by atoms with E-state index in [1.54, 1.807) is 0 Å². The van der Waals surface area contributed by atoms with Gasteiger partial charge in [-0.3, -0.25) is 0 Å². The van der Waals surface area contributed by atoms with Crippen LogP contribution in [0.2, 0.25) is 0 Å². The third-order valence-corrected chi connectivity index (χ3v) is 4.53. The quantitative estimate of drug-likeness (QED) is 0.797. The number of carboxylic acids is 1. The van der Waals surface area contributed by atoms with Gasteiger partial charge in [0.25, 0.3) is 0 Å². The van der Waals surface area contributed by atoms with Gasteiger partial charge in [-0.15, -0.1) is 0 Å². The standard InChI is InChI=1S/C14H19N5O2/c1-2-9-3-5-14(6-4-9,13(20)21)19-12-10-11(16-7-15-10)17-8-18-12/h7-9H,2-6H2,1H3,(H,20,21)(H2,15,16,17,18,19). The summed E-state index contributed by atoms with van der Waals surface area (Å²) < 4.78 is 0.